The van der Waals surface area contributed by atoms with Gasteiger partial charge in [-0.25, -0.2) is 4.79 Å². The van der Waals surface area contributed by atoms with Crippen molar-refractivity contribution in [1.82, 2.24) is 16.0 Å². The van der Waals surface area contributed by atoms with Gasteiger partial charge in [-0.1, -0.05) is 43.7 Å². The highest BCUT2D eigenvalue weighted by molar-refractivity contribution is 5.88. The van der Waals surface area contributed by atoms with E-state index in [1.807, 2.05) is 37.3 Å². The topological polar surface area (TPSA) is 114 Å². The number of aldehydes is 1. The fourth-order valence-electron chi connectivity index (χ4n) is 3.07. The summed E-state index contributed by atoms with van der Waals surface area (Å²) in [5, 5.41) is 7.88. The number of carbonyl (C=O) groups is 4. The summed E-state index contributed by atoms with van der Waals surface area (Å²) in [6.07, 6.45) is 1.88. The lowest BCUT2D eigenvalue weighted by atomic mass is 9.98. The number of ether oxygens (including phenoxy) is 1. The Bertz CT molecular complexity index is 680. The number of amides is 3. The molecule has 0 spiro atoms. The van der Waals surface area contributed by atoms with Crippen molar-refractivity contribution < 1.29 is 23.9 Å². The van der Waals surface area contributed by atoms with Gasteiger partial charge in [-0.15, -0.1) is 0 Å². The monoisotopic (exact) mass is 389 g/mol. The molecule has 1 aliphatic rings. The van der Waals surface area contributed by atoms with Gasteiger partial charge < -0.3 is 25.5 Å². The molecule has 0 radical (unpaired) electrons. The number of hydrogen-bond donors (Lipinski definition) is 3. The van der Waals surface area contributed by atoms with Gasteiger partial charge in [-0.05, 0) is 24.8 Å². The first kappa shape index (κ1) is 21.4. The van der Waals surface area contributed by atoms with E-state index >= 15 is 0 Å². The van der Waals surface area contributed by atoms with Gasteiger partial charge in [0.15, 0.2) is 0 Å². The Morgan fingerprint density at radius 2 is 2.04 bits per heavy atom. The fraction of sp³-hybridized carbons (Fsp3) is 0.500. The van der Waals surface area contributed by atoms with E-state index < -0.39 is 24.1 Å². The number of alkyl carbamates (subject to hydrolysis) is 1. The normalized spacial score (nSPS) is 17.9. The third-order valence-corrected chi connectivity index (χ3v) is 4.59. The molecule has 1 saturated heterocycles. The first-order valence-electron chi connectivity index (χ1n) is 9.54. The van der Waals surface area contributed by atoms with Crippen LogP contribution in [-0.2, 0) is 25.7 Å². The van der Waals surface area contributed by atoms with Crippen molar-refractivity contribution in [3.8, 4) is 0 Å². The minimum Gasteiger partial charge on any atom is -0.445 e. The van der Waals surface area contributed by atoms with Crippen LogP contribution in [0.25, 0.3) is 0 Å². The molecule has 1 unspecified atom stereocenters. The molecule has 0 saturated carbocycles. The van der Waals surface area contributed by atoms with E-state index in [0.717, 1.165) is 5.56 Å². The molecule has 1 aliphatic heterocycles. The van der Waals surface area contributed by atoms with Crippen molar-refractivity contribution >= 4 is 24.2 Å². The summed E-state index contributed by atoms with van der Waals surface area (Å²) in [6, 6.07) is 7.62. The summed E-state index contributed by atoms with van der Waals surface area (Å²) in [7, 11) is 0. The molecule has 1 fully saturated rings. The maximum Gasteiger partial charge on any atom is 0.408 e. The van der Waals surface area contributed by atoms with E-state index in [2.05, 4.69) is 16.0 Å². The number of carbonyl (C=O) groups excluding carboxylic acids is 4. The summed E-state index contributed by atoms with van der Waals surface area (Å²) < 4.78 is 5.16. The zero-order valence-corrected chi connectivity index (χ0v) is 16.0. The quantitative estimate of drug-likeness (QED) is 0.522. The Morgan fingerprint density at radius 3 is 2.64 bits per heavy atom. The second-order valence-electron chi connectivity index (χ2n) is 6.81. The summed E-state index contributed by atoms with van der Waals surface area (Å²) in [5.74, 6) is -0.855. The highest BCUT2D eigenvalue weighted by Gasteiger charge is 2.29. The van der Waals surface area contributed by atoms with Crippen LogP contribution in [0.3, 0.4) is 0 Å². The van der Waals surface area contributed by atoms with Crippen molar-refractivity contribution in [3.05, 3.63) is 35.9 Å². The third-order valence-electron chi connectivity index (χ3n) is 4.59. The van der Waals surface area contributed by atoms with Crippen LogP contribution in [0.5, 0.6) is 0 Å². The van der Waals surface area contributed by atoms with E-state index in [4.69, 9.17) is 4.74 Å². The molecule has 1 heterocycles. The SMILES string of the molecule is CCC[C@H](NC(=O)OCc1ccccc1)C(=O)N[C@H](C=O)CC1CCNC1=O. The molecule has 0 aromatic heterocycles. The smallest absolute Gasteiger partial charge is 0.408 e. The average Bonchev–Trinajstić information content (AvgIpc) is 3.10. The Kier molecular flexibility index (Phi) is 8.45. The number of hydrogen-bond acceptors (Lipinski definition) is 5. The van der Waals surface area contributed by atoms with Gasteiger partial charge in [-0.2, -0.15) is 0 Å². The standard InChI is InChI=1S/C20H27N3O5/c1-2-6-17(23-20(27)28-13-14-7-4-3-5-8-14)19(26)22-16(12-24)11-15-9-10-21-18(15)25/h3-5,7-8,12,15-17H,2,6,9-11,13H2,1H3,(H,21,25)(H,22,26)(H,23,27)/t15?,16-,17-/m0/s1. The van der Waals surface area contributed by atoms with Crippen LogP contribution in [0, 0.1) is 5.92 Å². The van der Waals surface area contributed by atoms with Crippen LogP contribution in [0.1, 0.15) is 38.2 Å². The van der Waals surface area contributed by atoms with E-state index in [1.54, 1.807) is 0 Å². The van der Waals surface area contributed by atoms with Gasteiger partial charge in [0.25, 0.3) is 0 Å². The van der Waals surface area contributed by atoms with E-state index in [9.17, 15) is 19.2 Å². The molecule has 3 amide bonds. The highest BCUT2D eigenvalue weighted by atomic mass is 16.5. The van der Waals surface area contributed by atoms with Crippen molar-refractivity contribution in [2.45, 2.75) is 51.3 Å². The summed E-state index contributed by atoms with van der Waals surface area (Å²) in [5.41, 5.74) is 0.838. The minimum atomic E-state index is -0.812. The van der Waals surface area contributed by atoms with Crippen LogP contribution >= 0.6 is 0 Å². The lowest BCUT2D eigenvalue weighted by Crippen LogP contribution is -2.50. The van der Waals surface area contributed by atoms with Gasteiger partial charge in [0.05, 0.1) is 6.04 Å². The minimum absolute atomic E-state index is 0.0981. The summed E-state index contributed by atoms with van der Waals surface area (Å²) in [6.45, 7) is 2.56. The Labute approximate surface area is 164 Å². The molecule has 1 aromatic carbocycles. The maximum atomic E-state index is 12.5. The number of nitrogens with one attached hydrogen (secondary N) is 3. The molecule has 0 bridgehead atoms. The maximum absolute atomic E-state index is 12.5. The molecule has 8 nitrogen and oxygen atoms in total. The van der Waals surface area contributed by atoms with E-state index in [1.165, 1.54) is 0 Å². The van der Waals surface area contributed by atoms with Crippen LogP contribution in [0.15, 0.2) is 30.3 Å². The van der Waals surface area contributed by atoms with Crippen LogP contribution < -0.4 is 16.0 Å². The van der Waals surface area contributed by atoms with Gasteiger partial charge in [0.1, 0.15) is 18.9 Å². The summed E-state index contributed by atoms with van der Waals surface area (Å²) >= 11 is 0. The molecule has 0 aliphatic carbocycles. The molecule has 2 rings (SSSR count). The average molecular weight is 389 g/mol. The van der Waals surface area contributed by atoms with Crippen LogP contribution in [0.4, 0.5) is 4.79 Å². The second kappa shape index (κ2) is 11.1. The molecule has 28 heavy (non-hydrogen) atoms. The largest absolute Gasteiger partial charge is 0.445 e. The van der Waals surface area contributed by atoms with Crippen LogP contribution in [-0.4, -0.2) is 42.8 Å². The Balaban J connectivity index is 1.85. The molecule has 8 heteroatoms. The zero-order chi connectivity index (χ0) is 20.4. The summed E-state index contributed by atoms with van der Waals surface area (Å²) in [4.78, 5) is 47.6. The fourth-order valence-corrected chi connectivity index (χ4v) is 3.07. The number of benzene rings is 1. The lowest BCUT2D eigenvalue weighted by molar-refractivity contribution is -0.127. The molecule has 3 N–H and O–H groups in total. The van der Waals surface area contributed by atoms with Gasteiger partial charge >= 0.3 is 6.09 Å². The third kappa shape index (κ3) is 6.68. The van der Waals surface area contributed by atoms with Gasteiger partial charge in [0, 0.05) is 12.5 Å². The van der Waals surface area contributed by atoms with E-state index in [0.29, 0.717) is 32.1 Å². The van der Waals surface area contributed by atoms with E-state index in [-0.39, 0.29) is 24.9 Å². The zero-order valence-electron chi connectivity index (χ0n) is 16.0. The van der Waals surface area contributed by atoms with Crippen LogP contribution in [0.2, 0.25) is 0 Å². The van der Waals surface area contributed by atoms with Gasteiger partial charge in [-0.3, -0.25) is 9.59 Å². The number of rotatable bonds is 10. The van der Waals surface area contributed by atoms with Gasteiger partial charge in [0.2, 0.25) is 11.8 Å². The van der Waals surface area contributed by atoms with Crippen molar-refractivity contribution in [1.29, 1.82) is 0 Å². The molecular weight excluding hydrogens is 362 g/mol. The predicted molar refractivity (Wildman–Crippen MR) is 102 cm³/mol. The molecule has 152 valence electrons. The molecule has 1 aromatic rings. The second-order valence-corrected chi connectivity index (χ2v) is 6.81. The Hall–Kier alpha value is -2.90. The van der Waals surface area contributed by atoms with Crippen molar-refractivity contribution in [3.63, 3.8) is 0 Å². The highest BCUT2D eigenvalue weighted by Crippen LogP contribution is 2.15. The lowest BCUT2D eigenvalue weighted by Gasteiger charge is -2.21. The predicted octanol–water partition coefficient (Wildman–Crippen LogP) is 1.29. The first-order valence-corrected chi connectivity index (χ1v) is 9.54. The van der Waals surface area contributed by atoms with Crippen molar-refractivity contribution in [2.24, 2.45) is 5.92 Å². The van der Waals surface area contributed by atoms with Crippen molar-refractivity contribution in [2.75, 3.05) is 6.54 Å². The first-order chi connectivity index (χ1) is 13.5. The Morgan fingerprint density at radius 1 is 1.29 bits per heavy atom. The molecular formula is C20H27N3O5. The molecule has 3 atom stereocenters.